The summed E-state index contributed by atoms with van der Waals surface area (Å²) >= 11 is 0. The zero-order valence-electron chi connectivity index (χ0n) is 20.0. The molecular weight excluding hydrogens is 468 g/mol. The fourth-order valence-electron chi connectivity index (χ4n) is 5.27. The van der Waals surface area contributed by atoms with E-state index in [0.717, 1.165) is 5.56 Å². The van der Waals surface area contributed by atoms with Gasteiger partial charge in [-0.3, -0.25) is 15.0 Å². The van der Waals surface area contributed by atoms with E-state index in [-0.39, 0.29) is 16.8 Å². The molecule has 1 spiro atoms. The van der Waals surface area contributed by atoms with E-state index in [9.17, 15) is 18.0 Å². The van der Waals surface area contributed by atoms with Crippen LogP contribution in [-0.2, 0) is 20.2 Å². The Balaban J connectivity index is 1.51. The van der Waals surface area contributed by atoms with Crippen LogP contribution in [-0.4, -0.2) is 92.3 Å². The van der Waals surface area contributed by atoms with Crippen LogP contribution in [0.1, 0.15) is 18.9 Å². The molecule has 1 atom stereocenters. The van der Waals surface area contributed by atoms with E-state index in [1.54, 1.807) is 52.4 Å². The van der Waals surface area contributed by atoms with Crippen molar-refractivity contribution >= 4 is 33.5 Å². The molecule has 0 bridgehead atoms. The molecular formula is C24H30N6O4S. The minimum absolute atomic E-state index is 0.0268. The Kier molecular flexibility index (Phi) is 6.02. The first-order chi connectivity index (χ1) is 16.7. The Labute approximate surface area is 205 Å². The SMILES string of the molecule is CC(=O)N1CCC2(C1)CN(C(=O)Nc1ccccn1)c1ccc(S(=O)(=O)N3CCN(C)CC3)cc12. The highest BCUT2D eigenvalue weighted by Gasteiger charge is 2.50. The van der Waals surface area contributed by atoms with Crippen LogP contribution in [0.4, 0.5) is 16.3 Å². The minimum atomic E-state index is -3.67. The van der Waals surface area contributed by atoms with Crippen LogP contribution in [0.2, 0.25) is 0 Å². The van der Waals surface area contributed by atoms with E-state index >= 15 is 0 Å². The lowest BCUT2D eigenvalue weighted by Crippen LogP contribution is -2.47. The van der Waals surface area contributed by atoms with Crippen molar-refractivity contribution in [3.63, 3.8) is 0 Å². The number of rotatable bonds is 3. The molecule has 1 unspecified atom stereocenters. The van der Waals surface area contributed by atoms with Crippen molar-refractivity contribution in [3.05, 3.63) is 48.2 Å². The zero-order chi connectivity index (χ0) is 24.8. The lowest BCUT2D eigenvalue weighted by molar-refractivity contribution is -0.127. The summed E-state index contributed by atoms with van der Waals surface area (Å²) in [5.41, 5.74) is 0.949. The minimum Gasteiger partial charge on any atom is -0.342 e. The number of pyridine rings is 1. The molecule has 2 fully saturated rings. The average Bonchev–Trinajstić information content (AvgIpc) is 3.42. The standard InChI is InChI=1S/C24H30N6O4S/c1-18(31)28-10-8-24(16-28)17-30(23(32)26-22-5-3-4-9-25-22)21-7-6-19(15-20(21)24)35(33,34)29-13-11-27(2)12-14-29/h3-7,9,15H,8,10-14,16-17H2,1-2H3,(H,25,26,32). The number of sulfonamides is 1. The highest BCUT2D eigenvalue weighted by Crippen LogP contribution is 2.47. The Morgan fingerprint density at radius 2 is 1.80 bits per heavy atom. The molecule has 186 valence electrons. The van der Waals surface area contributed by atoms with Gasteiger partial charge in [-0.05, 0) is 49.4 Å². The number of likely N-dealkylation sites (N-methyl/N-ethyl adjacent to an activating group) is 1. The second-order valence-corrected chi connectivity index (χ2v) is 11.5. The van der Waals surface area contributed by atoms with Crippen LogP contribution in [0.3, 0.4) is 0 Å². The number of benzene rings is 1. The van der Waals surface area contributed by atoms with Gasteiger partial charge < -0.3 is 9.80 Å². The second-order valence-electron chi connectivity index (χ2n) is 9.59. The molecule has 11 heteroatoms. The lowest BCUT2D eigenvalue weighted by atomic mass is 9.81. The van der Waals surface area contributed by atoms with Crippen LogP contribution in [0, 0.1) is 0 Å². The van der Waals surface area contributed by atoms with Crippen molar-refractivity contribution in [2.75, 3.05) is 63.1 Å². The first kappa shape index (κ1) is 23.7. The number of hydrogen-bond acceptors (Lipinski definition) is 6. The maximum Gasteiger partial charge on any atom is 0.327 e. The highest BCUT2D eigenvalue weighted by molar-refractivity contribution is 7.89. The maximum atomic E-state index is 13.5. The number of carbonyl (C=O) groups is 2. The first-order valence-electron chi connectivity index (χ1n) is 11.8. The smallest absolute Gasteiger partial charge is 0.327 e. The highest BCUT2D eigenvalue weighted by atomic mass is 32.2. The number of aromatic nitrogens is 1. The molecule has 10 nitrogen and oxygen atoms in total. The fourth-order valence-corrected chi connectivity index (χ4v) is 6.72. The molecule has 4 heterocycles. The van der Waals surface area contributed by atoms with Crippen molar-refractivity contribution in [1.29, 1.82) is 0 Å². The van der Waals surface area contributed by atoms with Crippen LogP contribution in [0.5, 0.6) is 0 Å². The normalized spacial score (nSPS) is 23.0. The van der Waals surface area contributed by atoms with E-state index in [4.69, 9.17) is 0 Å². The molecule has 2 saturated heterocycles. The number of anilines is 2. The molecule has 1 N–H and O–H groups in total. The summed E-state index contributed by atoms with van der Waals surface area (Å²) in [6.45, 7) is 5.17. The second kappa shape index (κ2) is 8.89. The number of piperazine rings is 1. The molecule has 35 heavy (non-hydrogen) atoms. The third kappa shape index (κ3) is 4.28. The van der Waals surface area contributed by atoms with E-state index in [1.165, 1.54) is 11.2 Å². The van der Waals surface area contributed by atoms with E-state index in [2.05, 4.69) is 15.2 Å². The van der Waals surface area contributed by atoms with Gasteiger partial charge >= 0.3 is 6.03 Å². The summed E-state index contributed by atoms with van der Waals surface area (Å²) in [5, 5.41) is 2.83. The van der Waals surface area contributed by atoms with Gasteiger partial charge in [-0.15, -0.1) is 0 Å². The molecule has 0 aliphatic carbocycles. The Morgan fingerprint density at radius 1 is 1.03 bits per heavy atom. The van der Waals surface area contributed by atoms with Gasteiger partial charge in [0.15, 0.2) is 0 Å². The number of likely N-dealkylation sites (tertiary alicyclic amines) is 1. The first-order valence-corrected chi connectivity index (χ1v) is 13.2. The molecule has 1 aromatic carbocycles. The summed E-state index contributed by atoms with van der Waals surface area (Å²) < 4.78 is 28.5. The van der Waals surface area contributed by atoms with Crippen molar-refractivity contribution < 1.29 is 18.0 Å². The van der Waals surface area contributed by atoms with Crippen LogP contribution < -0.4 is 10.2 Å². The number of fused-ring (bicyclic) bond motifs is 2. The molecule has 3 aliphatic heterocycles. The van der Waals surface area contributed by atoms with Crippen molar-refractivity contribution in [2.45, 2.75) is 23.7 Å². The molecule has 0 radical (unpaired) electrons. The van der Waals surface area contributed by atoms with Gasteiger partial charge in [-0.1, -0.05) is 6.07 Å². The number of urea groups is 1. The topological polar surface area (TPSA) is 106 Å². The number of amides is 3. The molecule has 3 amide bonds. The van der Waals surface area contributed by atoms with Gasteiger partial charge in [0.05, 0.1) is 4.90 Å². The Hall–Kier alpha value is -3.02. The molecule has 1 aromatic heterocycles. The van der Waals surface area contributed by atoms with Gasteiger partial charge in [0, 0.05) is 70.0 Å². The van der Waals surface area contributed by atoms with Gasteiger partial charge in [-0.2, -0.15) is 4.31 Å². The van der Waals surface area contributed by atoms with Crippen LogP contribution in [0.25, 0.3) is 0 Å². The summed E-state index contributed by atoms with van der Waals surface area (Å²) in [4.78, 5) is 35.3. The Morgan fingerprint density at radius 3 is 2.46 bits per heavy atom. The predicted octanol–water partition coefficient (Wildman–Crippen LogP) is 1.56. The lowest BCUT2D eigenvalue weighted by Gasteiger charge is -2.32. The predicted molar refractivity (Wildman–Crippen MR) is 132 cm³/mol. The fraction of sp³-hybridized carbons (Fsp3) is 0.458. The zero-order valence-corrected chi connectivity index (χ0v) is 20.8. The number of nitrogens with one attached hydrogen (secondary N) is 1. The summed E-state index contributed by atoms with van der Waals surface area (Å²) in [7, 11) is -1.69. The monoisotopic (exact) mass is 498 g/mol. The third-order valence-corrected chi connectivity index (χ3v) is 9.23. The number of hydrogen-bond donors (Lipinski definition) is 1. The summed E-state index contributed by atoms with van der Waals surface area (Å²) in [6.07, 6.45) is 2.26. The third-order valence-electron chi connectivity index (χ3n) is 7.34. The van der Waals surface area contributed by atoms with Crippen LogP contribution in [0.15, 0.2) is 47.5 Å². The quantitative estimate of drug-likeness (QED) is 0.689. The molecule has 3 aliphatic rings. The van der Waals surface area contributed by atoms with Crippen molar-refractivity contribution in [1.82, 2.24) is 19.1 Å². The van der Waals surface area contributed by atoms with E-state index in [0.29, 0.717) is 63.7 Å². The Bertz CT molecular complexity index is 1250. The van der Waals surface area contributed by atoms with Gasteiger partial charge in [0.2, 0.25) is 15.9 Å². The maximum absolute atomic E-state index is 13.5. The van der Waals surface area contributed by atoms with E-state index < -0.39 is 15.4 Å². The molecule has 5 rings (SSSR count). The van der Waals surface area contributed by atoms with Crippen LogP contribution >= 0.6 is 0 Å². The number of nitrogens with zero attached hydrogens (tertiary/aromatic N) is 5. The van der Waals surface area contributed by atoms with Crippen molar-refractivity contribution in [3.8, 4) is 0 Å². The van der Waals surface area contributed by atoms with Crippen molar-refractivity contribution in [2.24, 2.45) is 0 Å². The van der Waals surface area contributed by atoms with Gasteiger partial charge in [0.25, 0.3) is 0 Å². The number of carbonyl (C=O) groups excluding carboxylic acids is 2. The molecule has 0 saturated carbocycles. The molecule has 2 aromatic rings. The van der Waals surface area contributed by atoms with Gasteiger partial charge in [0.1, 0.15) is 5.82 Å². The van der Waals surface area contributed by atoms with Gasteiger partial charge in [-0.25, -0.2) is 18.2 Å². The summed E-state index contributed by atoms with van der Waals surface area (Å²) in [6, 6.07) is 9.97. The summed E-state index contributed by atoms with van der Waals surface area (Å²) in [5.74, 6) is 0.409. The average molecular weight is 499 g/mol. The largest absolute Gasteiger partial charge is 0.342 e. The van der Waals surface area contributed by atoms with E-state index in [1.807, 2.05) is 7.05 Å².